The predicted molar refractivity (Wildman–Crippen MR) is 56.5 cm³/mol. The highest BCUT2D eigenvalue weighted by Crippen LogP contribution is 2.32. The Kier molecular flexibility index (Phi) is 3.68. The summed E-state index contributed by atoms with van der Waals surface area (Å²) in [6.45, 7) is 3.37. The van der Waals surface area contributed by atoms with E-state index in [-0.39, 0.29) is 12.2 Å². The van der Waals surface area contributed by atoms with Crippen LogP contribution in [-0.4, -0.2) is 11.7 Å². The smallest absolute Gasteiger partial charge is 0.263 e. The lowest BCUT2D eigenvalue weighted by Gasteiger charge is -2.24. The molecule has 0 aromatic heterocycles. The van der Waals surface area contributed by atoms with Gasteiger partial charge in [0.2, 0.25) is 0 Å². The molecule has 0 spiro atoms. The molecule has 0 atom stereocenters. The standard InChI is InChI=1S/C11H13ClF2O/c1-11(2,6-15)8-5-7(10(13)14)3-4-9(8)12/h3-5,10,15H,6H2,1-2H3. The van der Waals surface area contributed by atoms with E-state index in [1.807, 2.05) is 0 Å². The molecule has 0 heterocycles. The quantitative estimate of drug-likeness (QED) is 0.848. The summed E-state index contributed by atoms with van der Waals surface area (Å²) in [5.41, 5.74) is -0.137. The lowest BCUT2D eigenvalue weighted by atomic mass is 9.85. The average Bonchev–Trinajstić information content (AvgIpc) is 2.17. The zero-order valence-corrected chi connectivity index (χ0v) is 9.35. The van der Waals surface area contributed by atoms with Crippen molar-refractivity contribution in [1.29, 1.82) is 0 Å². The molecule has 1 nitrogen and oxygen atoms in total. The molecule has 0 saturated heterocycles. The zero-order chi connectivity index (χ0) is 11.6. The number of halogens is 3. The third-order valence-corrected chi connectivity index (χ3v) is 2.70. The van der Waals surface area contributed by atoms with Crippen LogP contribution in [-0.2, 0) is 5.41 Å². The molecule has 0 saturated carbocycles. The van der Waals surface area contributed by atoms with Crippen LogP contribution in [0.1, 0.15) is 31.4 Å². The lowest BCUT2D eigenvalue weighted by Crippen LogP contribution is -2.22. The maximum absolute atomic E-state index is 12.5. The second-order valence-electron chi connectivity index (χ2n) is 4.08. The molecule has 1 N–H and O–H groups in total. The SMILES string of the molecule is CC(C)(CO)c1cc(C(F)F)ccc1Cl. The molecule has 0 unspecified atom stereocenters. The minimum atomic E-state index is -2.52. The van der Waals surface area contributed by atoms with Crippen LogP contribution in [0.5, 0.6) is 0 Å². The van der Waals surface area contributed by atoms with Gasteiger partial charge in [0.25, 0.3) is 6.43 Å². The van der Waals surface area contributed by atoms with Crippen molar-refractivity contribution in [2.45, 2.75) is 25.7 Å². The first-order valence-corrected chi connectivity index (χ1v) is 4.95. The lowest BCUT2D eigenvalue weighted by molar-refractivity contribution is 0.151. The van der Waals surface area contributed by atoms with E-state index in [0.29, 0.717) is 10.6 Å². The summed E-state index contributed by atoms with van der Waals surface area (Å²) in [5.74, 6) is 0. The third-order valence-electron chi connectivity index (χ3n) is 2.37. The van der Waals surface area contributed by atoms with E-state index in [4.69, 9.17) is 16.7 Å². The van der Waals surface area contributed by atoms with Crippen LogP contribution in [0.15, 0.2) is 18.2 Å². The number of hydrogen-bond acceptors (Lipinski definition) is 1. The van der Waals surface area contributed by atoms with Crippen molar-refractivity contribution in [3.05, 3.63) is 34.3 Å². The Morgan fingerprint density at radius 3 is 2.47 bits per heavy atom. The van der Waals surface area contributed by atoms with E-state index in [1.54, 1.807) is 13.8 Å². The summed E-state index contributed by atoms with van der Waals surface area (Å²) in [6, 6.07) is 4.09. The van der Waals surface area contributed by atoms with Gasteiger partial charge in [-0.3, -0.25) is 0 Å². The van der Waals surface area contributed by atoms with Gasteiger partial charge in [0.15, 0.2) is 0 Å². The van der Waals surface area contributed by atoms with Crippen LogP contribution < -0.4 is 0 Å². The van der Waals surface area contributed by atoms with E-state index in [2.05, 4.69) is 0 Å². The van der Waals surface area contributed by atoms with E-state index >= 15 is 0 Å². The van der Waals surface area contributed by atoms with Crippen molar-refractivity contribution >= 4 is 11.6 Å². The fourth-order valence-corrected chi connectivity index (χ4v) is 1.66. The van der Waals surface area contributed by atoms with Crippen molar-refractivity contribution in [1.82, 2.24) is 0 Å². The molecule has 0 radical (unpaired) electrons. The first-order valence-electron chi connectivity index (χ1n) is 4.57. The molecule has 1 aromatic carbocycles. The molecule has 1 rings (SSSR count). The van der Waals surface area contributed by atoms with Gasteiger partial charge in [-0.15, -0.1) is 0 Å². The zero-order valence-electron chi connectivity index (χ0n) is 8.60. The fraction of sp³-hybridized carbons (Fsp3) is 0.455. The van der Waals surface area contributed by atoms with Gasteiger partial charge < -0.3 is 5.11 Å². The van der Waals surface area contributed by atoms with Gasteiger partial charge in [-0.25, -0.2) is 8.78 Å². The third kappa shape index (κ3) is 2.67. The number of hydrogen-bond donors (Lipinski definition) is 1. The molecule has 0 amide bonds. The van der Waals surface area contributed by atoms with Crippen molar-refractivity contribution in [2.75, 3.05) is 6.61 Å². The topological polar surface area (TPSA) is 20.2 Å². The van der Waals surface area contributed by atoms with Gasteiger partial charge in [0.05, 0.1) is 6.61 Å². The Balaban J connectivity index is 3.22. The molecule has 1 aromatic rings. The van der Waals surface area contributed by atoms with Gasteiger partial charge in [-0.1, -0.05) is 31.5 Å². The Morgan fingerprint density at radius 2 is 2.00 bits per heavy atom. The summed E-state index contributed by atoms with van der Waals surface area (Å²) in [5, 5.41) is 9.56. The Bertz CT molecular complexity index is 350. The molecular weight excluding hydrogens is 222 g/mol. The molecule has 0 aliphatic rings. The van der Waals surface area contributed by atoms with Crippen LogP contribution in [0.4, 0.5) is 8.78 Å². The highest BCUT2D eigenvalue weighted by atomic mass is 35.5. The van der Waals surface area contributed by atoms with Gasteiger partial charge in [0, 0.05) is 16.0 Å². The first kappa shape index (κ1) is 12.4. The van der Waals surface area contributed by atoms with Crippen LogP contribution in [0.2, 0.25) is 5.02 Å². The highest BCUT2D eigenvalue weighted by molar-refractivity contribution is 6.31. The number of aliphatic hydroxyl groups is 1. The van der Waals surface area contributed by atoms with Crippen LogP contribution in [0, 0.1) is 0 Å². The van der Waals surface area contributed by atoms with Crippen molar-refractivity contribution < 1.29 is 13.9 Å². The van der Waals surface area contributed by atoms with E-state index < -0.39 is 11.8 Å². The summed E-state index contributed by atoms with van der Waals surface area (Å²) in [7, 11) is 0. The molecule has 0 aliphatic heterocycles. The molecule has 15 heavy (non-hydrogen) atoms. The van der Waals surface area contributed by atoms with Gasteiger partial charge in [-0.05, 0) is 17.7 Å². The van der Waals surface area contributed by atoms with Crippen LogP contribution >= 0.6 is 11.6 Å². The maximum atomic E-state index is 12.5. The molecule has 84 valence electrons. The number of rotatable bonds is 3. The Hall–Kier alpha value is -0.670. The minimum absolute atomic E-state index is 0.0732. The van der Waals surface area contributed by atoms with Crippen molar-refractivity contribution in [3.63, 3.8) is 0 Å². The van der Waals surface area contributed by atoms with Crippen LogP contribution in [0.25, 0.3) is 0 Å². The second-order valence-corrected chi connectivity index (χ2v) is 4.49. The summed E-state index contributed by atoms with van der Waals surface area (Å²) in [6.07, 6.45) is -2.52. The monoisotopic (exact) mass is 234 g/mol. The molecule has 0 aliphatic carbocycles. The summed E-state index contributed by atoms with van der Waals surface area (Å²) in [4.78, 5) is 0. The van der Waals surface area contributed by atoms with Gasteiger partial charge in [0.1, 0.15) is 0 Å². The maximum Gasteiger partial charge on any atom is 0.263 e. The number of benzene rings is 1. The van der Waals surface area contributed by atoms with E-state index in [0.717, 1.165) is 0 Å². The Morgan fingerprint density at radius 1 is 1.40 bits per heavy atom. The second kappa shape index (κ2) is 4.45. The number of aliphatic hydroxyl groups excluding tert-OH is 1. The van der Waals surface area contributed by atoms with Crippen molar-refractivity contribution in [3.8, 4) is 0 Å². The molecular formula is C11H13ClF2O. The van der Waals surface area contributed by atoms with Gasteiger partial charge in [-0.2, -0.15) is 0 Å². The Labute approximate surface area is 92.7 Å². The van der Waals surface area contributed by atoms with Gasteiger partial charge >= 0.3 is 0 Å². The molecule has 0 bridgehead atoms. The normalized spacial score (nSPS) is 12.2. The predicted octanol–water partition coefficient (Wildman–Crippen LogP) is 3.55. The molecule has 4 heteroatoms. The summed E-state index contributed by atoms with van der Waals surface area (Å²) < 4.78 is 24.9. The average molecular weight is 235 g/mol. The number of alkyl halides is 2. The van der Waals surface area contributed by atoms with Crippen molar-refractivity contribution in [2.24, 2.45) is 0 Å². The summed E-state index contributed by atoms with van der Waals surface area (Å²) >= 11 is 5.91. The van der Waals surface area contributed by atoms with Crippen LogP contribution in [0.3, 0.4) is 0 Å². The highest BCUT2D eigenvalue weighted by Gasteiger charge is 2.23. The largest absolute Gasteiger partial charge is 0.395 e. The minimum Gasteiger partial charge on any atom is -0.395 e. The van der Waals surface area contributed by atoms with E-state index in [1.165, 1.54) is 18.2 Å². The van der Waals surface area contributed by atoms with E-state index in [9.17, 15) is 8.78 Å². The first-order chi connectivity index (χ1) is 6.88. The fourth-order valence-electron chi connectivity index (χ4n) is 1.28. The molecule has 0 fully saturated rings.